The van der Waals surface area contributed by atoms with Crippen LogP contribution in [0, 0.1) is 0 Å². The topological polar surface area (TPSA) is 133 Å². The van der Waals surface area contributed by atoms with E-state index in [1.165, 1.54) is 6.07 Å². The van der Waals surface area contributed by atoms with Gasteiger partial charge < -0.3 is 25.4 Å². The number of aromatic hydroxyl groups is 2. The second kappa shape index (κ2) is 11.1. The molecule has 1 aromatic heterocycles. The Morgan fingerprint density at radius 1 is 1.09 bits per heavy atom. The van der Waals surface area contributed by atoms with E-state index in [0.29, 0.717) is 60.5 Å². The summed E-state index contributed by atoms with van der Waals surface area (Å²) in [5, 5.41) is 29.2. The van der Waals surface area contributed by atoms with Crippen LogP contribution in [0.3, 0.4) is 0 Å². The van der Waals surface area contributed by atoms with Crippen LogP contribution in [0.15, 0.2) is 41.6 Å². The number of ether oxygens (including phenoxy) is 2. The van der Waals surface area contributed by atoms with Crippen LogP contribution in [0.4, 0.5) is 0 Å². The number of carbonyl (C=O) groups excluding carboxylic acids is 1. The van der Waals surface area contributed by atoms with Gasteiger partial charge in [0.2, 0.25) is 5.91 Å². The molecule has 2 aromatic carbocycles. The molecule has 0 radical (unpaired) electrons. The maximum atomic E-state index is 10.7. The van der Waals surface area contributed by atoms with Gasteiger partial charge in [0.25, 0.3) is 0 Å². The number of phenolic OH excluding ortho intramolecular Hbond substituents is 2. The van der Waals surface area contributed by atoms with E-state index < -0.39 is 0 Å². The molecule has 0 saturated carbocycles. The predicted molar refractivity (Wildman–Crippen MR) is 126 cm³/mol. The fraction of sp³-hybridized carbons (Fsp3) is 0.348. The summed E-state index contributed by atoms with van der Waals surface area (Å²) < 4.78 is 12.8. The number of aromatic nitrogens is 3. The molecule has 0 saturated heterocycles. The molecule has 10 heteroatoms. The van der Waals surface area contributed by atoms with Crippen molar-refractivity contribution in [2.45, 2.75) is 37.8 Å². The van der Waals surface area contributed by atoms with Crippen LogP contribution in [-0.2, 0) is 9.53 Å². The number of amides is 1. The Labute approximate surface area is 197 Å². The van der Waals surface area contributed by atoms with Crippen molar-refractivity contribution in [2.24, 2.45) is 5.73 Å². The zero-order valence-corrected chi connectivity index (χ0v) is 19.5. The van der Waals surface area contributed by atoms with Gasteiger partial charge in [0, 0.05) is 24.8 Å². The van der Waals surface area contributed by atoms with Gasteiger partial charge in [0.15, 0.2) is 11.0 Å². The van der Waals surface area contributed by atoms with Gasteiger partial charge in [-0.3, -0.25) is 9.36 Å². The van der Waals surface area contributed by atoms with E-state index in [2.05, 4.69) is 22.8 Å². The normalized spacial score (nSPS) is 11.2. The third-order valence-electron chi connectivity index (χ3n) is 4.96. The Bertz CT molecular complexity index is 1100. The van der Waals surface area contributed by atoms with Gasteiger partial charge in [-0.2, -0.15) is 0 Å². The van der Waals surface area contributed by atoms with Crippen LogP contribution in [0.5, 0.6) is 17.2 Å². The maximum absolute atomic E-state index is 10.7. The molecule has 33 heavy (non-hydrogen) atoms. The van der Waals surface area contributed by atoms with E-state index in [-0.39, 0.29) is 23.3 Å². The molecule has 0 aliphatic heterocycles. The van der Waals surface area contributed by atoms with E-state index in [9.17, 15) is 15.0 Å². The summed E-state index contributed by atoms with van der Waals surface area (Å²) in [5.41, 5.74) is 6.95. The lowest BCUT2D eigenvalue weighted by atomic mass is 9.98. The number of carbonyl (C=O) groups is 1. The summed E-state index contributed by atoms with van der Waals surface area (Å²) in [5.74, 6) is 0.703. The average molecular weight is 473 g/mol. The van der Waals surface area contributed by atoms with Crippen LogP contribution < -0.4 is 10.5 Å². The van der Waals surface area contributed by atoms with Gasteiger partial charge >= 0.3 is 0 Å². The number of benzene rings is 2. The minimum atomic E-state index is -0.337. The lowest BCUT2D eigenvalue weighted by Crippen LogP contribution is -2.12. The van der Waals surface area contributed by atoms with E-state index in [1.54, 1.807) is 22.8 Å². The molecule has 0 fully saturated rings. The number of rotatable bonds is 11. The first-order valence-electron chi connectivity index (χ1n) is 10.6. The lowest BCUT2D eigenvalue weighted by molar-refractivity contribution is -0.118. The zero-order chi connectivity index (χ0) is 24.0. The van der Waals surface area contributed by atoms with Crippen molar-refractivity contribution in [3.05, 3.63) is 42.0 Å². The molecule has 9 nitrogen and oxygen atoms in total. The summed E-state index contributed by atoms with van der Waals surface area (Å²) in [7, 11) is 0. The zero-order valence-electron chi connectivity index (χ0n) is 18.6. The highest BCUT2D eigenvalue weighted by Gasteiger charge is 2.20. The van der Waals surface area contributed by atoms with Gasteiger partial charge in [-0.15, -0.1) is 22.8 Å². The molecule has 3 rings (SSSR count). The molecule has 0 aliphatic carbocycles. The first-order chi connectivity index (χ1) is 15.8. The lowest BCUT2D eigenvalue weighted by Gasteiger charge is -2.14. The monoisotopic (exact) mass is 472 g/mol. The van der Waals surface area contributed by atoms with Crippen molar-refractivity contribution < 1.29 is 24.5 Å². The van der Waals surface area contributed by atoms with Gasteiger partial charge in [-0.05, 0) is 48.2 Å². The summed E-state index contributed by atoms with van der Waals surface area (Å²) in [6.07, 6.45) is 0.897. The van der Waals surface area contributed by atoms with Crippen LogP contribution in [0.1, 0.15) is 38.2 Å². The van der Waals surface area contributed by atoms with Gasteiger partial charge in [-0.1, -0.05) is 13.8 Å². The van der Waals surface area contributed by atoms with E-state index in [4.69, 9.17) is 15.2 Å². The fourth-order valence-electron chi connectivity index (χ4n) is 3.28. The highest BCUT2D eigenvalue weighted by atomic mass is 32.1. The molecular weight excluding hydrogens is 444 g/mol. The Hall–Kier alpha value is -3.24. The molecule has 0 unspecified atom stereocenters. The molecule has 4 N–H and O–H groups in total. The minimum Gasteiger partial charge on any atom is -0.508 e. The molecule has 0 bridgehead atoms. The molecule has 0 spiro atoms. The summed E-state index contributed by atoms with van der Waals surface area (Å²) in [6, 6.07) is 10.3. The van der Waals surface area contributed by atoms with Crippen molar-refractivity contribution in [2.75, 3.05) is 19.8 Å². The Morgan fingerprint density at radius 2 is 1.82 bits per heavy atom. The SMILES string of the molecule is CC(C)c1cc(-c2nnc(S)n2-c2ccc(OCCOCCCC(N)=O)cc2)c(O)cc1O. The molecular formula is C23H28N4O5S. The summed E-state index contributed by atoms with van der Waals surface area (Å²) >= 11 is 4.42. The molecule has 176 valence electrons. The molecule has 1 amide bonds. The van der Waals surface area contributed by atoms with Crippen LogP contribution in [-0.4, -0.2) is 50.7 Å². The highest BCUT2D eigenvalue weighted by Crippen LogP contribution is 2.38. The molecule has 3 aromatic rings. The summed E-state index contributed by atoms with van der Waals surface area (Å²) in [6.45, 7) is 5.13. The van der Waals surface area contributed by atoms with Crippen LogP contribution in [0.2, 0.25) is 0 Å². The van der Waals surface area contributed by atoms with Gasteiger partial charge in [0.05, 0.1) is 12.2 Å². The number of phenols is 2. The quantitative estimate of drug-likeness (QED) is 0.248. The first kappa shape index (κ1) is 24.4. The van der Waals surface area contributed by atoms with Crippen LogP contribution in [0.25, 0.3) is 17.1 Å². The number of hydrogen-bond donors (Lipinski definition) is 4. The fourth-order valence-corrected chi connectivity index (χ4v) is 3.54. The maximum Gasteiger partial charge on any atom is 0.217 e. The largest absolute Gasteiger partial charge is 0.508 e. The number of primary amides is 1. The highest BCUT2D eigenvalue weighted by molar-refractivity contribution is 7.80. The first-order valence-corrected chi connectivity index (χ1v) is 11.0. The Kier molecular flexibility index (Phi) is 8.18. The third-order valence-corrected chi connectivity index (χ3v) is 5.25. The number of nitrogens with two attached hydrogens (primary N) is 1. The average Bonchev–Trinajstić information content (AvgIpc) is 3.14. The van der Waals surface area contributed by atoms with E-state index in [1.807, 2.05) is 26.0 Å². The molecule has 0 atom stereocenters. The smallest absolute Gasteiger partial charge is 0.217 e. The molecule has 0 aliphatic rings. The van der Waals surface area contributed by atoms with E-state index in [0.717, 1.165) is 5.69 Å². The van der Waals surface area contributed by atoms with Crippen LogP contribution >= 0.6 is 12.6 Å². The minimum absolute atomic E-state index is 0.0294. The standard InChI is InChI=1S/C23H28N4O5S/c1-14(2)17-12-18(20(29)13-19(17)28)22-25-26-23(33)27(22)15-5-7-16(8-6-15)32-11-10-31-9-3-4-21(24)30/h5-8,12-14,28-29H,3-4,9-11H2,1-2H3,(H2,24,30)(H,26,33). The van der Waals surface area contributed by atoms with Gasteiger partial charge in [-0.25, -0.2) is 0 Å². The van der Waals surface area contributed by atoms with Crippen molar-refractivity contribution in [1.29, 1.82) is 0 Å². The van der Waals surface area contributed by atoms with Gasteiger partial charge in [0.1, 0.15) is 23.9 Å². The predicted octanol–water partition coefficient (Wildman–Crippen LogP) is 3.42. The third kappa shape index (κ3) is 6.17. The Morgan fingerprint density at radius 3 is 2.48 bits per heavy atom. The Balaban J connectivity index is 1.71. The summed E-state index contributed by atoms with van der Waals surface area (Å²) in [4.78, 5) is 10.7. The van der Waals surface area contributed by atoms with E-state index >= 15 is 0 Å². The molecule has 1 heterocycles. The van der Waals surface area contributed by atoms with Crippen molar-refractivity contribution >= 4 is 18.5 Å². The number of thiol groups is 1. The second-order valence-corrected chi connectivity index (χ2v) is 8.17. The number of nitrogens with zero attached hydrogens (tertiary/aromatic N) is 3. The van der Waals surface area contributed by atoms with Crippen molar-refractivity contribution in [1.82, 2.24) is 14.8 Å². The van der Waals surface area contributed by atoms with Crippen molar-refractivity contribution in [3.8, 4) is 34.3 Å². The number of hydrogen-bond acceptors (Lipinski definition) is 8. The second-order valence-electron chi connectivity index (χ2n) is 7.77. The van der Waals surface area contributed by atoms with Crippen molar-refractivity contribution in [3.63, 3.8) is 0 Å².